The van der Waals surface area contributed by atoms with E-state index in [0.29, 0.717) is 12.2 Å². The molecule has 0 bridgehead atoms. The predicted molar refractivity (Wildman–Crippen MR) is 74.3 cm³/mol. The van der Waals surface area contributed by atoms with Gasteiger partial charge in [0, 0.05) is 19.5 Å². The van der Waals surface area contributed by atoms with Crippen molar-refractivity contribution < 1.29 is 28.5 Å². The van der Waals surface area contributed by atoms with Gasteiger partial charge in [-0.15, -0.1) is 0 Å². The molecule has 2 saturated heterocycles. The number of hydrogen-bond donors (Lipinski definition) is 0. The topological polar surface area (TPSA) is 74.3 Å². The fourth-order valence-electron chi connectivity index (χ4n) is 3.44. The summed E-state index contributed by atoms with van der Waals surface area (Å²) in [6.45, 7) is 8.50. The van der Waals surface area contributed by atoms with Crippen molar-refractivity contribution in [2.75, 3.05) is 6.54 Å². The largest absolute Gasteiger partial charge is 0.449 e. The summed E-state index contributed by atoms with van der Waals surface area (Å²) in [4.78, 5) is 25.0. The fraction of sp³-hybridized carbons (Fsp3) is 0.733. The molecule has 7 nitrogen and oxygen atoms in total. The number of carbonyl (C=O) groups is 2. The van der Waals surface area contributed by atoms with E-state index in [2.05, 4.69) is 0 Å². The summed E-state index contributed by atoms with van der Waals surface area (Å²) in [5.74, 6) is -1.33. The molecule has 0 radical (unpaired) electrons. The maximum absolute atomic E-state index is 11.7. The zero-order chi connectivity index (χ0) is 16.3. The number of nitrogens with zero attached hydrogens (tertiary/aromatic N) is 1. The van der Waals surface area contributed by atoms with E-state index in [0.717, 1.165) is 0 Å². The Hall–Kier alpha value is -1.44. The molecule has 122 valence electrons. The molecule has 1 amide bonds. The van der Waals surface area contributed by atoms with Gasteiger partial charge in [0.2, 0.25) is 5.91 Å². The maximum Gasteiger partial charge on any atom is 0.303 e. The van der Waals surface area contributed by atoms with Gasteiger partial charge in [-0.25, -0.2) is 0 Å². The molecule has 22 heavy (non-hydrogen) atoms. The van der Waals surface area contributed by atoms with Crippen LogP contribution >= 0.6 is 0 Å². The second-order valence-electron chi connectivity index (χ2n) is 6.41. The number of rotatable bonds is 1. The van der Waals surface area contributed by atoms with E-state index in [1.165, 1.54) is 13.8 Å². The minimum Gasteiger partial charge on any atom is -0.449 e. The minimum atomic E-state index is -1.07. The molecule has 3 heterocycles. The number of allylic oxidation sites excluding steroid dienone is 1. The summed E-state index contributed by atoms with van der Waals surface area (Å²) in [5.41, 5.74) is -0.358. The lowest BCUT2D eigenvalue weighted by Gasteiger charge is -2.41. The lowest BCUT2D eigenvalue weighted by atomic mass is 9.87. The van der Waals surface area contributed by atoms with Crippen molar-refractivity contribution in [2.24, 2.45) is 0 Å². The van der Waals surface area contributed by atoms with Crippen molar-refractivity contribution in [1.29, 1.82) is 0 Å². The van der Waals surface area contributed by atoms with Gasteiger partial charge in [-0.2, -0.15) is 0 Å². The Labute approximate surface area is 129 Å². The molecule has 0 N–H and O–H groups in total. The number of carbonyl (C=O) groups excluding carboxylic acids is 2. The molecule has 0 aliphatic carbocycles. The van der Waals surface area contributed by atoms with Crippen LogP contribution in [0.25, 0.3) is 0 Å². The van der Waals surface area contributed by atoms with Crippen LogP contribution in [0.1, 0.15) is 34.6 Å². The van der Waals surface area contributed by atoms with E-state index < -0.39 is 35.9 Å². The highest BCUT2D eigenvalue weighted by Crippen LogP contribution is 2.48. The summed E-state index contributed by atoms with van der Waals surface area (Å²) < 4.78 is 23.2. The molecule has 3 rings (SSSR count). The lowest BCUT2D eigenvalue weighted by molar-refractivity contribution is -0.231. The van der Waals surface area contributed by atoms with E-state index in [1.54, 1.807) is 31.7 Å². The Kier molecular flexibility index (Phi) is 3.36. The SMILES string of the molecule is CC(=O)O[C@]12C=C(C)N(C(C)=O)C[C@H]1O[C@@H]1OC(C)(C)O[C@@H]12. The molecule has 3 aliphatic heterocycles. The van der Waals surface area contributed by atoms with Crippen LogP contribution in [0.2, 0.25) is 0 Å². The third-order valence-electron chi connectivity index (χ3n) is 4.21. The van der Waals surface area contributed by atoms with Crippen LogP contribution in [0.15, 0.2) is 11.8 Å². The molecule has 0 aromatic rings. The molecular formula is C15H21NO6. The minimum absolute atomic E-state index is 0.0898. The number of amides is 1. The second kappa shape index (κ2) is 4.78. The van der Waals surface area contributed by atoms with Crippen LogP contribution < -0.4 is 0 Å². The molecular weight excluding hydrogens is 290 g/mol. The Morgan fingerprint density at radius 2 is 2.00 bits per heavy atom. The van der Waals surface area contributed by atoms with Gasteiger partial charge >= 0.3 is 5.97 Å². The average Bonchev–Trinajstić information content (AvgIpc) is 2.78. The first kappa shape index (κ1) is 15.5. The van der Waals surface area contributed by atoms with Crippen LogP contribution in [-0.2, 0) is 28.5 Å². The van der Waals surface area contributed by atoms with Crippen LogP contribution in [0, 0.1) is 0 Å². The first-order valence-electron chi connectivity index (χ1n) is 7.33. The maximum atomic E-state index is 11.7. The van der Waals surface area contributed by atoms with Crippen molar-refractivity contribution in [3.05, 3.63) is 11.8 Å². The highest BCUT2D eigenvalue weighted by molar-refractivity contribution is 5.76. The van der Waals surface area contributed by atoms with Crippen molar-refractivity contribution in [2.45, 2.75) is 64.5 Å². The molecule has 0 spiro atoms. The molecule has 0 saturated carbocycles. The number of ether oxygens (including phenoxy) is 4. The van der Waals surface area contributed by atoms with Gasteiger partial charge in [-0.1, -0.05) is 0 Å². The first-order valence-corrected chi connectivity index (χ1v) is 7.33. The van der Waals surface area contributed by atoms with Crippen LogP contribution in [0.5, 0.6) is 0 Å². The standard InChI is InChI=1S/C15H21NO6/c1-8-6-15(20-10(3)18)11(7-16(8)9(2)17)19-13-12(15)21-14(4,5)22-13/h6,11-13H,7H2,1-5H3/t11-,12+,13-,15-/m1/s1. The molecule has 0 unspecified atom stereocenters. The summed E-state index contributed by atoms with van der Waals surface area (Å²) in [6.07, 6.45) is 0.0465. The average molecular weight is 311 g/mol. The number of fused-ring (bicyclic) bond motifs is 3. The third-order valence-corrected chi connectivity index (χ3v) is 4.21. The Morgan fingerprint density at radius 3 is 2.59 bits per heavy atom. The van der Waals surface area contributed by atoms with Gasteiger partial charge in [0.15, 0.2) is 23.8 Å². The van der Waals surface area contributed by atoms with Crippen LogP contribution in [-0.4, -0.2) is 53.2 Å². The first-order chi connectivity index (χ1) is 10.1. The van der Waals surface area contributed by atoms with E-state index in [4.69, 9.17) is 18.9 Å². The molecule has 0 aromatic heterocycles. The smallest absolute Gasteiger partial charge is 0.303 e. The molecule has 7 heteroatoms. The Morgan fingerprint density at radius 1 is 1.32 bits per heavy atom. The van der Waals surface area contributed by atoms with E-state index in [1.807, 2.05) is 0 Å². The van der Waals surface area contributed by atoms with Crippen LogP contribution in [0.4, 0.5) is 0 Å². The predicted octanol–water partition coefficient (Wildman–Crippen LogP) is 0.931. The zero-order valence-corrected chi connectivity index (χ0v) is 13.4. The lowest BCUT2D eigenvalue weighted by Crippen LogP contribution is -2.57. The van der Waals surface area contributed by atoms with Gasteiger partial charge < -0.3 is 23.8 Å². The summed E-state index contributed by atoms with van der Waals surface area (Å²) >= 11 is 0. The zero-order valence-electron chi connectivity index (χ0n) is 13.4. The van der Waals surface area contributed by atoms with Crippen molar-refractivity contribution in [3.63, 3.8) is 0 Å². The van der Waals surface area contributed by atoms with Gasteiger partial charge in [0.1, 0.15) is 6.10 Å². The van der Waals surface area contributed by atoms with Gasteiger partial charge in [-0.05, 0) is 26.8 Å². The summed E-state index contributed by atoms with van der Waals surface area (Å²) in [7, 11) is 0. The van der Waals surface area contributed by atoms with Gasteiger partial charge in [0.25, 0.3) is 0 Å². The monoisotopic (exact) mass is 311 g/mol. The molecule has 0 aromatic carbocycles. The molecule has 2 fully saturated rings. The number of hydrogen-bond acceptors (Lipinski definition) is 6. The summed E-state index contributed by atoms with van der Waals surface area (Å²) in [6, 6.07) is 0. The van der Waals surface area contributed by atoms with E-state index in [-0.39, 0.29) is 5.91 Å². The third kappa shape index (κ3) is 2.24. The molecule has 4 atom stereocenters. The van der Waals surface area contributed by atoms with Gasteiger partial charge in [-0.3, -0.25) is 9.59 Å². The Bertz CT molecular complexity index is 556. The highest BCUT2D eigenvalue weighted by Gasteiger charge is 2.66. The Balaban J connectivity index is 2.02. The summed E-state index contributed by atoms with van der Waals surface area (Å²) in [5, 5.41) is 0. The van der Waals surface area contributed by atoms with Crippen molar-refractivity contribution in [1.82, 2.24) is 4.90 Å². The van der Waals surface area contributed by atoms with E-state index >= 15 is 0 Å². The highest BCUT2D eigenvalue weighted by atomic mass is 16.8. The second-order valence-corrected chi connectivity index (χ2v) is 6.41. The van der Waals surface area contributed by atoms with Crippen LogP contribution in [0.3, 0.4) is 0 Å². The van der Waals surface area contributed by atoms with E-state index in [9.17, 15) is 9.59 Å². The molecule has 3 aliphatic rings. The normalized spacial score (nSPS) is 39.0. The quantitative estimate of drug-likeness (QED) is 0.671. The van der Waals surface area contributed by atoms with Gasteiger partial charge in [0.05, 0.1) is 6.54 Å². The fourth-order valence-corrected chi connectivity index (χ4v) is 3.44. The number of esters is 1. The van der Waals surface area contributed by atoms with Crippen molar-refractivity contribution in [3.8, 4) is 0 Å². The van der Waals surface area contributed by atoms with Crippen molar-refractivity contribution >= 4 is 11.9 Å².